The van der Waals surface area contributed by atoms with Crippen LogP contribution in [0.3, 0.4) is 0 Å². The Hall–Kier alpha value is -3.41. The van der Waals surface area contributed by atoms with Crippen molar-refractivity contribution in [2.24, 2.45) is 0 Å². The van der Waals surface area contributed by atoms with Crippen molar-refractivity contribution >= 4 is 12.0 Å². The first-order valence-corrected chi connectivity index (χ1v) is 7.37. The summed E-state index contributed by atoms with van der Waals surface area (Å²) in [7, 11) is 0. The van der Waals surface area contributed by atoms with Gasteiger partial charge < -0.3 is 10.1 Å². The van der Waals surface area contributed by atoms with Crippen LogP contribution in [-0.4, -0.2) is 12.3 Å². The Labute approximate surface area is 150 Å². The molecule has 0 aliphatic carbocycles. The minimum absolute atomic E-state index is 0.0357. The van der Waals surface area contributed by atoms with Gasteiger partial charge in [0.25, 0.3) is 0 Å². The van der Waals surface area contributed by atoms with Crippen LogP contribution < -0.4 is 10.1 Å². The average molecular weight is 382 g/mol. The van der Waals surface area contributed by atoms with Gasteiger partial charge in [-0.3, -0.25) is 4.79 Å². The lowest BCUT2D eigenvalue weighted by molar-refractivity contribution is -0.274. The monoisotopic (exact) mass is 382 g/mol. The van der Waals surface area contributed by atoms with E-state index in [0.717, 1.165) is 30.4 Å². The van der Waals surface area contributed by atoms with Crippen molar-refractivity contribution in [1.29, 1.82) is 5.26 Å². The number of hydrogen-bond acceptors (Lipinski definition) is 3. The fourth-order valence-electron chi connectivity index (χ4n) is 2.11. The lowest BCUT2D eigenvalue weighted by Crippen LogP contribution is -2.26. The largest absolute Gasteiger partial charge is 0.573 e. The van der Waals surface area contributed by atoms with E-state index in [1.54, 1.807) is 6.07 Å². The van der Waals surface area contributed by atoms with E-state index < -0.39 is 35.7 Å². The summed E-state index contributed by atoms with van der Waals surface area (Å²) in [5.74, 6) is -3.25. The molecular weight excluding hydrogens is 371 g/mol. The molecule has 4 nitrogen and oxygen atoms in total. The number of para-hydroxylation sites is 1. The Kier molecular flexibility index (Phi) is 6.13. The van der Waals surface area contributed by atoms with Gasteiger partial charge in [0.1, 0.15) is 23.4 Å². The molecule has 1 amide bonds. The summed E-state index contributed by atoms with van der Waals surface area (Å²) in [6.45, 7) is 0. The molecule has 0 radical (unpaired) electrons. The molecule has 0 saturated heterocycles. The zero-order valence-electron chi connectivity index (χ0n) is 13.4. The van der Waals surface area contributed by atoms with Gasteiger partial charge >= 0.3 is 6.36 Å². The van der Waals surface area contributed by atoms with Crippen molar-refractivity contribution in [1.82, 2.24) is 5.32 Å². The summed E-state index contributed by atoms with van der Waals surface area (Å²) in [5, 5.41) is 11.3. The van der Waals surface area contributed by atoms with Crippen molar-refractivity contribution in [2.75, 3.05) is 0 Å². The van der Waals surface area contributed by atoms with Crippen LogP contribution in [0.5, 0.6) is 5.75 Å². The number of carbonyl (C=O) groups is 1. The van der Waals surface area contributed by atoms with Crippen LogP contribution in [0, 0.1) is 23.0 Å². The number of amides is 1. The van der Waals surface area contributed by atoms with Gasteiger partial charge in [-0.1, -0.05) is 24.3 Å². The normalized spacial score (nSPS) is 12.4. The minimum Gasteiger partial charge on any atom is -0.405 e. The molecule has 0 spiro atoms. The number of rotatable bonds is 5. The predicted octanol–water partition coefficient (Wildman–Crippen LogP) is 4.26. The van der Waals surface area contributed by atoms with E-state index in [2.05, 4.69) is 10.1 Å². The van der Waals surface area contributed by atoms with Crippen molar-refractivity contribution < 1.29 is 31.5 Å². The molecule has 0 fully saturated rings. The van der Waals surface area contributed by atoms with E-state index in [1.165, 1.54) is 18.2 Å². The van der Waals surface area contributed by atoms with Gasteiger partial charge in [-0.15, -0.1) is 13.2 Å². The molecule has 0 saturated carbocycles. The highest BCUT2D eigenvalue weighted by Crippen LogP contribution is 2.27. The molecule has 0 aliphatic rings. The maximum Gasteiger partial charge on any atom is 0.573 e. The number of nitrogens with zero attached hydrogens (tertiary/aromatic N) is 1. The van der Waals surface area contributed by atoms with Gasteiger partial charge in [-0.25, -0.2) is 8.78 Å². The molecule has 2 rings (SSSR count). The Morgan fingerprint density at radius 1 is 1.19 bits per heavy atom. The van der Waals surface area contributed by atoms with Gasteiger partial charge in [-0.2, -0.15) is 5.26 Å². The molecule has 140 valence electrons. The molecule has 27 heavy (non-hydrogen) atoms. The standard InChI is InChI=1S/C18H11F5N2O2/c19-12-6-7-13(14(20)9-12)15(10-24)25-17(26)8-5-11-3-1-2-4-16(11)27-18(21,22)23/h1-9,15H,(H,25,26)/b8-5+. The lowest BCUT2D eigenvalue weighted by Gasteiger charge is -2.12. The molecule has 2 aromatic rings. The number of alkyl halides is 3. The zero-order valence-corrected chi connectivity index (χ0v) is 13.4. The Bertz CT molecular complexity index is 903. The van der Waals surface area contributed by atoms with Gasteiger partial charge in [0.05, 0.1) is 6.07 Å². The molecule has 1 unspecified atom stereocenters. The third kappa shape index (κ3) is 5.81. The highest BCUT2D eigenvalue weighted by Gasteiger charge is 2.31. The first-order chi connectivity index (χ1) is 12.7. The van der Waals surface area contributed by atoms with Gasteiger partial charge in [0.2, 0.25) is 5.91 Å². The first-order valence-electron chi connectivity index (χ1n) is 7.37. The van der Waals surface area contributed by atoms with Crippen LogP contribution in [0.15, 0.2) is 48.5 Å². The molecule has 0 heterocycles. The molecule has 0 aromatic heterocycles. The Balaban J connectivity index is 2.14. The summed E-state index contributed by atoms with van der Waals surface area (Å²) in [5.41, 5.74) is -0.284. The van der Waals surface area contributed by atoms with E-state index in [9.17, 15) is 26.7 Å². The third-order valence-corrected chi connectivity index (χ3v) is 3.25. The molecule has 2 aromatic carbocycles. The number of carbonyl (C=O) groups excluding carboxylic acids is 1. The highest BCUT2D eigenvalue weighted by atomic mass is 19.4. The fourth-order valence-corrected chi connectivity index (χ4v) is 2.11. The second-order valence-corrected chi connectivity index (χ2v) is 5.16. The Morgan fingerprint density at radius 2 is 1.89 bits per heavy atom. The van der Waals surface area contributed by atoms with E-state index in [0.29, 0.717) is 6.07 Å². The predicted molar refractivity (Wildman–Crippen MR) is 85.0 cm³/mol. The van der Waals surface area contributed by atoms with Crippen LogP contribution in [0.25, 0.3) is 6.08 Å². The van der Waals surface area contributed by atoms with E-state index >= 15 is 0 Å². The maximum atomic E-state index is 13.7. The number of nitrogens with one attached hydrogen (secondary N) is 1. The first kappa shape index (κ1) is 19.9. The van der Waals surface area contributed by atoms with Crippen LogP contribution in [-0.2, 0) is 4.79 Å². The molecular formula is C18H11F5N2O2. The summed E-state index contributed by atoms with van der Waals surface area (Å²) >= 11 is 0. The van der Waals surface area contributed by atoms with Crippen LogP contribution in [0.2, 0.25) is 0 Å². The SMILES string of the molecule is N#CC(NC(=O)/C=C/c1ccccc1OC(F)(F)F)c1ccc(F)cc1F. The number of halogens is 5. The Morgan fingerprint density at radius 3 is 2.52 bits per heavy atom. The molecule has 1 N–H and O–H groups in total. The quantitative estimate of drug-likeness (QED) is 0.621. The van der Waals surface area contributed by atoms with Gasteiger partial charge in [-0.05, 0) is 18.2 Å². The lowest BCUT2D eigenvalue weighted by atomic mass is 10.1. The van der Waals surface area contributed by atoms with Crippen LogP contribution in [0.1, 0.15) is 17.2 Å². The molecule has 0 aliphatic heterocycles. The minimum atomic E-state index is -4.90. The number of benzene rings is 2. The average Bonchev–Trinajstić information content (AvgIpc) is 2.58. The number of hydrogen-bond donors (Lipinski definition) is 1. The van der Waals surface area contributed by atoms with E-state index in [-0.39, 0.29) is 11.1 Å². The van der Waals surface area contributed by atoms with Gasteiger partial charge in [0, 0.05) is 23.3 Å². The number of ether oxygens (including phenoxy) is 1. The molecule has 9 heteroatoms. The zero-order chi connectivity index (χ0) is 20.0. The second kappa shape index (κ2) is 8.31. The topological polar surface area (TPSA) is 62.1 Å². The summed E-state index contributed by atoms with van der Waals surface area (Å²) in [6, 6.07) is 7.84. The maximum absolute atomic E-state index is 13.7. The third-order valence-electron chi connectivity index (χ3n) is 3.25. The highest BCUT2D eigenvalue weighted by molar-refractivity contribution is 5.92. The van der Waals surface area contributed by atoms with Crippen molar-refractivity contribution in [3.63, 3.8) is 0 Å². The fraction of sp³-hybridized carbons (Fsp3) is 0.111. The molecule has 1 atom stereocenters. The van der Waals surface area contributed by atoms with E-state index in [4.69, 9.17) is 5.26 Å². The second-order valence-electron chi connectivity index (χ2n) is 5.16. The summed E-state index contributed by atoms with van der Waals surface area (Å²) in [6.07, 6.45) is -2.99. The van der Waals surface area contributed by atoms with Crippen molar-refractivity contribution in [3.05, 3.63) is 71.3 Å². The smallest absolute Gasteiger partial charge is 0.405 e. The summed E-state index contributed by atoms with van der Waals surface area (Å²) in [4.78, 5) is 11.9. The molecule has 0 bridgehead atoms. The van der Waals surface area contributed by atoms with Gasteiger partial charge in [0.15, 0.2) is 0 Å². The van der Waals surface area contributed by atoms with Crippen molar-refractivity contribution in [2.45, 2.75) is 12.4 Å². The van der Waals surface area contributed by atoms with E-state index in [1.807, 2.05) is 0 Å². The van der Waals surface area contributed by atoms with Crippen molar-refractivity contribution in [3.8, 4) is 11.8 Å². The number of nitriles is 1. The van der Waals surface area contributed by atoms with Crippen LogP contribution >= 0.6 is 0 Å². The summed E-state index contributed by atoms with van der Waals surface area (Å²) < 4.78 is 67.6. The van der Waals surface area contributed by atoms with Crippen LogP contribution in [0.4, 0.5) is 22.0 Å².